The minimum atomic E-state index is 0.930. The predicted octanol–water partition coefficient (Wildman–Crippen LogP) is 2.57. The largest absolute Gasteiger partial charge is 0.0856 e. The van der Waals surface area contributed by atoms with Gasteiger partial charge in [0.2, 0.25) is 0 Å². The molecule has 0 aromatic rings. The zero-order valence-corrected chi connectivity index (χ0v) is 5.20. The van der Waals surface area contributed by atoms with Crippen molar-refractivity contribution in [1.29, 1.82) is 0 Å². The topological polar surface area (TPSA) is 0 Å². The van der Waals surface area contributed by atoms with Crippen molar-refractivity contribution in [2.75, 3.05) is 0 Å². The van der Waals surface area contributed by atoms with E-state index in [4.69, 9.17) is 0 Å². The van der Waals surface area contributed by atoms with Crippen molar-refractivity contribution in [2.24, 2.45) is 0 Å². The average Bonchev–Trinajstić information content (AvgIpc) is 1.68. The van der Waals surface area contributed by atoms with Crippen LogP contribution in [0, 0.1) is 6.92 Å². The van der Waals surface area contributed by atoms with Crippen LogP contribution in [-0.2, 0) is 0 Å². The Labute approximate surface area is 46.2 Å². The zero-order chi connectivity index (χ0) is 5.70. The van der Waals surface area contributed by atoms with Crippen molar-refractivity contribution in [3.05, 3.63) is 18.6 Å². The highest BCUT2D eigenvalue weighted by Gasteiger charge is 1.76. The molecule has 0 heteroatoms. The van der Waals surface area contributed by atoms with E-state index in [-0.39, 0.29) is 0 Å². The molecular weight excluding hydrogens is 84.1 g/mol. The van der Waals surface area contributed by atoms with Crippen LogP contribution in [-0.4, -0.2) is 0 Å². The van der Waals surface area contributed by atoms with Crippen LogP contribution in [0.15, 0.2) is 11.6 Å². The lowest BCUT2D eigenvalue weighted by Gasteiger charge is -1.88. The quantitative estimate of drug-likeness (QED) is 0.464. The molecule has 0 fully saturated rings. The Hall–Kier alpha value is -0.260. The molecule has 0 nitrogen and oxygen atoms in total. The summed E-state index contributed by atoms with van der Waals surface area (Å²) in [5.41, 5.74) is 1.44. The van der Waals surface area contributed by atoms with Crippen molar-refractivity contribution in [3.63, 3.8) is 0 Å². The summed E-state index contributed by atoms with van der Waals surface area (Å²) in [4.78, 5) is 0. The molecule has 7 heavy (non-hydrogen) atoms. The molecule has 0 amide bonds. The second-order valence-corrected chi connectivity index (χ2v) is 1.69. The van der Waals surface area contributed by atoms with Crippen LogP contribution in [0.2, 0.25) is 0 Å². The number of allylic oxidation sites excluding steroid dienone is 2. The lowest BCUT2D eigenvalue weighted by Crippen LogP contribution is -1.67. The Kier molecular flexibility index (Phi) is 3.77. The van der Waals surface area contributed by atoms with E-state index in [0.717, 1.165) is 12.8 Å². The minimum Gasteiger partial charge on any atom is -0.0856 e. The molecule has 0 aromatic carbocycles. The van der Waals surface area contributed by atoms with Gasteiger partial charge in [0.25, 0.3) is 0 Å². The van der Waals surface area contributed by atoms with Gasteiger partial charge in [0, 0.05) is 0 Å². The maximum Gasteiger partial charge on any atom is -0.0348 e. The monoisotopic (exact) mass is 97.1 g/mol. The molecule has 0 saturated carbocycles. The predicted molar refractivity (Wildman–Crippen MR) is 34.0 cm³/mol. The van der Waals surface area contributed by atoms with Gasteiger partial charge in [-0.3, -0.25) is 0 Å². The van der Waals surface area contributed by atoms with Gasteiger partial charge in [0.1, 0.15) is 0 Å². The van der Waals surface area contributed by atoms with Crippen molar-refractivity contribution >= 4 is 0 Å². The highest BCUT2D eigenvalue weighted by molar-refractivity contribution is 4.96. The summed E-state index contributed by atoms with van der Waals surface area (Å²) in [7, 11) is 0. The zero-order valence-electron chi connectivity index (χ0n) is 5.20. The molecule has 0 aromatic heterocycles. The van der Waals surface area contributed by atoms with Gasteiger partial charge >= 0.3 is 0 Å². The van der Waals surface area contributed by atoms with Gasteiger partial charge in [-0.1, -0.05) is 18.6 Å². The Morgan fingerprint density at radius 3 is 2.43 bits per heavy atom. The first-order valence-corrected chi connectivity index (χ1v) is 2.76. The van der Waals surface area contributed by atoms with Gasteiger partial charge < -0.3 is 0 Å². The fourth-order valence-corrected chi connectivity index (χ4v) is 0.391. The lowest BCUT2D eigenvalue weighted by atomic mass is 10.2. The molecule has 0 spiro atoms. The average molecular weight is 97.2 g/mol. The van der Waals surface area contributed by atoms with Crippen LogP contribution in [0.5, 0.6) is 0 Å². The van der Waals surface area contributed by atoms with E-state index < -0.39 is 0 Å². The minimum absolute atomic E-state index is 0.930. The Balaban J connectivity index is 3.29. The third-order valence-electron chi connectivity index (χ3n) is 1.05. The molecule has 0 aliphatic rings. The van der Waals surface area contributed by atoms with Gasteiger partial charge in [0.15, 0.2) is 0 Å². The highest BCUT2D eigenvalue weighted by Crippen LogP contribution is 1.97. The highest BCUT2D eigenvalue weighted by atomic mass is 13.8. The van der Waals surface area contributed by atoms with Gasteiger partial charge in [-0.15, -0.1) is 0 Å². The van der Waals surface area contributed by atoms with Crippen LogP contribution >= 0.6 is 0 Å². The smallest absolute Gasteiger partial charge is 0.0348 e. The molecule has 0 rings (SSSR count). The summed E-state index contributed by atoms with van der Waals surface area (Å²) >= 11 is 0. The fraction of sp³-hybridized carbons (Fsp3) is 0.571. The van der Waals surface area contributed by atoms with E-state index >= 15 is 0 Å². The maximum absolute atomic E-state index is 3.70. The van der Waals surface area contributed by atoms with E-state index in [1.165, 1.54) is 5.57 Å². The van der Waals surface area contributed by atoms with Gasteiger partial charge in [-0.05, 0) is 26.7 Å². The summed E-state index contributed by atoms with van der Waals surface area (Å²) in [5, 5.41) is 0. The molecule has 0 aliphatic heterocycles. The number of hydrogen-bond acceptors (Lipinski definition) is 0. The van der Waals surface area contributed by atoms with E-state index in [2.05, 4.69) is 26.8 Å². The molecule has 0 heterocycles. The van der Waals surface area contributed by atoms with Gasteiger partial charge in [-0.25, -0.2) is 0 Å². The van der Waals surface area contributed by atoms with Crippen LogP contribution in [0.25, 0.3) is 0 Å². The first-order chi connectivity index (χ1) is 3.31. The van der Waals surface area contributed by atoms with Crippen molar-refractivity contribution in [1.82, 2.24) is 0 Å². The second-order valence-electron chi connectivity index (χ2n) is 1.69. The summed E-state index contributed by atoms with van der Waals surface area (Å²) in [5.74, 6) is 0. The van der Waals surface area contributed by atoms with Crippen LogP contribution in [0.4, 0.5) is 0 Å². The summed E-state index contributed by atoms with van der Waals surface area (Å²) in [6.07, 6.45) is 4.25. The SMILES string of the molecule is [CH2]C/C=C(\C)CC. The molecule has 1 radical (unpaired) electrons. The maximum atomic E-state index is 3.70. The van der Waals surface area contributed by atoms with Crippen LogP contribution in [0.1, 0.15) is 26.7 Å². The Bertz CT molecular complexity index is 60.4. The van der Waals surface area contributed by atoms with Crippen LogP contribution in [0.3, 0.4) is 0 Å². The first-order valence-electron chi connectivity index (χ1n) is 2.76. The molecule has 0 bridgehead atoms. The lowest BCUT2D eigenvalue weighted by molar-refractivity contribution is 1.08. The first kappa shape index (κ1) is 6.74. The van der Waals surface area contributed by atoms with E-state index in [1.807, 2.05) is 0 Å². The molecule has 0 N–H and O–H groups in total. The molecular formula is C7H13. The standard InChI is InChI=1S/C7H13/c1-4-6-7(3)5-2/h6H,1,4-5H2,2-3H3/b7-6+. The number of rotatable bonds is 2. The van der Waals surface area contributed by atoms with Crippen molar-refractivity contribution in [2.45, 2.75) is 26.7 Å². The van der Waals surface area contributed by atoms with Crippen molar-refractivity contribution < 1.29 is 0 Å². The van der Waals surface area contributed by atoms with E-state index in [0.29, 0.717) is 0 Å². The normalized spacial score (nSPS) is 12.1. The third-order valence-corrected chi connectivity index (χ3v) is 1.05. The van der Waals surface area contributed by atoms with Crippen LogP contribution < -0.4 is 0 Å². The Morgan fingerprint density at radius 2 is 2.29 bits per heavy atom. The van der Waals surface area contributed by atoms with Crippen molar-refractivity contribution in [3.8, 4) is 0 Å². The van der Waals surface area contributed by atoms with Gasteiger partial charge in [-0.2, -0.15) is 0 Å². The molecule has 0 unspecified atom stereocenters. The molecule has 0 atom stereocenters. The molecule has 41 valence electrons. The summed E-state index contributed by atoms with van der Waals surface area (Å²) in [6.45, 7) is 7.98. The summed E-state index contributed by atoms with van der Waals surface area (Å²) < 4.78 is 0. The molecule has 0 aliphatic carbocycles. The van der Waals surface area contributed by atoms with Gasteiger partial charge in [0.05, 0.1) is 0 Å². The summed E-state index contributed by atoms with van der Waals surface area (Å²) in [6, 6.07) is 0. The number of hydrogen-bond donors (Lipinski definition) is 0. The fourth-order valence-electron chi connectivity index (χ4n) is 0.391. The third kappa shape index (κ3) is 3.57. The molecule has 0 saturated heterocycles. The Morgan fingerprint density at radius 1 is 1.71 bits per heavy atom. The second kappa shape index (κ2) is 3.91. The van der Waals surface area contributed by atoms with E-state index in [9.17, 15) is 0 Å². The van der Waals surface area contributed by atoms with E-state index in [1.54, 1.807) is 0 Å².